The second-order valence-corrected chi connectivity index (χ2v) is 5.69. The third kappa shape index (κ3) is 3.17. The van der Waals surface area contributed by atoms with Gasteiger partial charge in [-0.1, -0.05) is 0 Å². The molecule has 1 unspecified atom stereocenters. The molecular formula is C14H22N4O3. The fourth-order valence-corrected chi connectivity index (χ4v) is 2.71. The highest BCUT2D eigenvalue weighted by Crippen LogP contribution is 2.29. The number of likely N-dealkylation sites (tertiary alicyclic amines) is 1. The van der Waals surface area contributed by atoms with Gasteiger partial charge in [-0.3, -0.25) is 5.10 Å². The van der Waals surface area contributed by atoms with Crippen molar-refractivity contribution in [2.75, 3.05) is 13.1 Å². The second kappa shape index (κ2) is 6.15. The number of carbonyl (C=O) groups is 2. The molecule has 0 aliphatic carbocycles. The summed E-state index contributed by atoms with van der Waals surface area (Å²) in [5.74, 6) is -0.941. The molecule has 1 aromatic heterocycles. The first-order valence-electron chi connectivity index (χ1n) is 7.23. The van der Waals surface area contributed by atoms with Crippen LogP contribution in [0.15, 0.2) is 6.20 Å². The Kier molecular flexibility index (Phi) is 4.50. The van der Waals surface area contributed by atoms with Gasteiger partial charge in [-0.25, -0.2) is 9.59 Å². The van der Waals surface area contributed by atoms with Gasteiger partial charge < -0.3 is 15.3 Å². The lowest BCUT2D eigenvalue weighted by Crippen LogP contribution is -2.54. The van der Waals surface area contributed by atoms with Gasteiger partial charge in [-0.2, -0.15) is 5.10 Å². The van der Waals surface area contributed by atoms with Crippen molar-refractivity contribution in [3.63, 3.8) is 0 Å². The zero-order valence-electron chi connectivity index (χ0n) is 12.5. The summed E-state index contributed by atoms with van der Waals surface area (Å²) >= 11 is 0. The predicted molar refractivity (Wildman–Crippen MR) is 77.0 cm³/mol. The SMILES string of the molecule is Cc1[nH]ncc1CCCNC(=O)N1CCCC1(C)C(=O)O. The summed E-state index contributed by atoms with van der Waals surface area (Å²) in [7, 11) is 0. The highest BCUT2D eigenvalue weighted by Gasteiger charge is 2.45. The largest absolute Gasteiger partial charge is 0.480 e. The Balaban J connectivity index is 1.79. The monoisotopic (exact) mass is 294 g/mol. The minimum Gasteiger partial charge on any atom is -0.480 e. The van der Waals surface area contributed by atoms with E-state index in [1.54, 1.807) is 13.1 Å². The Hall–Kier alpha value is -2.05. The van der Waals surface area contributed by atoms with Crippen molar-refractivity contribution in [1.29, 1.82) is 0 Å². The van der Waals surface area contributed by atoms with Crippen LogP contribution in [0.4, 0.5) is 4.79 Å². The van der Waals surface area contributed by atoms with Crippen molar-refractivity contribution >= 4 is 12.0 Å². The molecule has 116 valence electrons. The molecule has 1 saturated heterocycles. The van der Waals surface area contributed by atoms with E-state index in [9.17, 15) is 14.7 Å². The molecule has 3 N–H and O–H groups in total. The number of urea groups is 1. The number of carbonyl (C=O) groups excluding carboxylic acids is 1. The lowest BCUT2D eigenvalue weighted by Gasteiger charge is -2.31. The van der Waals surface area contributed by atoms with Gasteiger partial charge >= 0.3 is 12.0 Å². The van der Waals surface area contributed by atoms with Crippen LogP contribution in [0.3, 0.4) is 0 Å². The third-order valence-corrected chi connectivity index (χ3v) is 4.18. The Labute approximate surface area is 123 Å². The molecular weight excluding hydrogens is 272 g/mol. The Morgan fingerprint density at radius 3 is 2.95 bits per heavy atom. The van der Waals surface area contributed by atoms with Gasteiger partial charge in [-0.05, 0) is 45.1 Å². The summed E-state index contributed by atoms with van der Waals surface area (Å²) in [4.78, 5) is 24.9. The van der Waals surface area contributed by atoms with Gasteiger partial charge in [0.25, 0.3) is 0 Å². The summed E-state index contributed by atoms with van der Waals surface area (Å²) in [6.07, 6.45) is 4.65. The maximum absolute atomic E-state index is 12.1. The molecule has 0 aromatic carbocycles. The third-order valence-electron chi connectivity index (χ3n) is 4.18. The molecule has 2 amide bonds. The number of aromatic nitrogens is 2. The number of hydrogen-bond donors (Lipinski definition) is 3. The minimum absolute atomic E-state index is 0.290. The van der Waals surface area contributed by atoms with Crippen LogP contribution in [0.5, 0.6) is 0 Å². The summed E-state index contributed by atoms with van der Waals surface area (Å²) in [5, 5.41) is 18.9. The summed E-state index contributed by atoms with van der Waals surface area (Å²) in [5.41, 5.74) is 1.10. The van der Waals surface area contributed by atoms with E-state index in [4.69, 9.17) is 0 Å². The number of nitrogens with zero attached hydrogens (tertiary/aromatic N) is 2. The molecule has 1 atom stereocenters. The van der Waals surface area contributed by atoms with Crippen LogP contribution in [0.1, 0.15) is 37.4 Å². The standard InChI is InChI=1S/C14H22N4O3/c1-10-11(9-16-17-10)5-3-7-15-13(21)18-8-4-6-14(18,2)12(19)20/h9H,3-8H2,1-2H3,(H,15,21)(H,16,17)(H,19,20). The number of amides is 2. The number of aliphatic carboxylic acids is 1. The highest BCUT2D eigenvalue weighted by molar-refractivity contribution is 5.86. The van der Waals surface area contributed by atoms with Crippen molar-refractivity contribution in [3.8, 4) is 0 Å². The Bertz CT molecular complexity index is 528. The molecule has 0 saturated carbocycles. The molecule has 1 aliphatic heterocycles. The van der Waals surface area contributed by atoms with Crippen LogP contribution in [0.25, 0.3) is 0 Å². The molecule has 7 heteroatoms. The fourth-order valence-electron chi connectivity index (χ4n) is 2.71. The van der Waals surface area contributed by atoms with Gasteiger partial charge in [0.15, 0.2) is 0 Å². The van der Waals surface area contributed by atoms with E-state index in [1.807, 2.05) is 6.92 Å². The van der Waals surface area contributed by atoms with Crippen molar-refractivity contribution in [1.82, 2.24) is 20.4 Å². The van der Waals surface area contributed by atoms with E-state index in [-0.39, 0.29) is 6.03 Å². The topological polar surface area (TPSA) is 98.3 Å². The van der Waals surface area contributed by atoms with Crippen LogP contribution in [0, 0.1) is 6.92 Å². The molecule has 1 aliphatic rings. The van der Waals surface area contributed by atoms with E-state index in [1.165, 1.54) is 4.90 Å². The number of nitrogens with one attached hydrogen (secondary N) is 2. The fraction of sp³-hybridized carbons (Fsp3) is 0.643. The number of aromatic amines is 1. The normalized spacial score (nSPS) is 21.5. The van der Waals surface area contributed by atoms with E-state index in [2.05, 4.69) is 15.5 Å². The minimum atomic E-state index is -1.08. The zero-order chi connectivity index (χ0) is 15.5. The predicted octanol–water partition coefficient (Wildman–Crippen LogP) is 1.30. The van der Waals surface area contributed by atoms with E-state index >= 15 is 0 Å². The number of aryl methyl sites for hydroxylation is 2. The van der Waals surface area contributed by atoms with E-state index < -0.39 is 11.5 Å². The summed E-state index contributed by atoms with van der Waals surface area (Å²) in [6.45, 7) is 4.59. The van der Waals surface area contributed by atoms with Gasteiger partial charge in [0.1, 0.15) is 5.54 Å². The van der Waals surface area contributed by atoms with E-state index in [0.717, 1.165) is 30.5 Å². The number of rotatable bonds is 5. The summed E-state index contributed by atoms with van der Waals surface area (Å²) < 4.78 is 0. The molecule has 0 radical (unpaired) electrons. The number of carboxylic acid groups (broad SMARTS) is 1. The molecule has 7 nitrogen and oxygen atoms in total. The quantitative estimate of drug-likeness (QED) is 0.713. The zero-order valence-corrected chi connectivity index (χ0v) is 12.5. The molecule has 2 rings (SSSR count). The van der Waals surface area contributed by atoms with Crippen molar-refractivity contribution < 1.29 is 14.7 Å². The highest BCUT2D eigenvalue weighted by atomic mass is 16.4. The Morgan fingerprint density at radius 1 is 1.57 bits per heavy atom. The van der Waals surface area contributed by atoms with Crippen LogP contribution in [-0.2, 0) is 11.2 Å². The number of H-pyrrole nitrogens is 1. The average molecular weight is 294 g/mol. The van der Waals surface area contributed by atoms with Gasteiger partial charge in [0, 0.05) is 18.8 Å². The average Bonchev–Trinajstić information content (AvgIpc) is 3.02. The molecule has 1 aromatic rings. The maximum Gasteiger partial charge on any atom is 0.329 e. The van der Waals surface area contributed by atoms with Gasteiger partial charge in [0.2, 0.25) is 0 Å². The lowest BCUT2D eigenvalue weighted by molar-refractivity contribution is -0.147. The first-order chi connectivity index (χ1) is 9.95. The lowest BCUT2D eigenvalue weighted by atomic mass is 10.00. The Morgan fingerprint density at radius 2 is 2.33 bits per heavy atom. The maximum atomic E-state index is 12.1. The van der Waals surface area contributed by atoms with Crippen LogP contribution >= 0.6 is 0 Å². The molecule has 0 bridgehead atoms. The molecule has 2 heterocycles. The smallest absolute Gasteiger partial charge is 0.329 e. The van der Waals surface area contributed by atoms with Crippen LogP contribution in [-0.4, -0.2) is 50.8 Å². The summed E-state index contributed by atoms with van der Waals surface area (Å²) in [6, 6.07) is -0.290. The first-order valence-corrected chi connectivity index (χ1v) is 7.23. The van der Waals surface area contributed by atoms with Crippen molar-refractivity contribution in [2.24, 2.45) is 0 Å². The van der Waals surface area contributed by atoms with Crippen LogP contribution in [0.2, 0.25) is 0 Å². The van der Waals surface area contributed by atoms with Crippen molar-refractivity contribution in [3.05, 3.63) is 17.5 Å². The number of carboxylic acids is 1. The van der Waals surface area contributed by atoms with Crippen LogP contribution < -0.4 is 5.32 Å². The van der Waals surface area contributed by atoms with Gasteiger partial charge in [-0.15, -0.1) is 0 Å². The molecule has 21 heavy (non-hydrogen) atoms. The first kappa shape index (κ1) is 15.3. The molecule has 1 fully saturated rings. The molecule has 0 spiro atoms. The van der Waals surface area contributed by atoms with E-state index in [0.29, 0.717) is 19.5 Å². The second-order valence-electron chi connectivity index (χ2n) is 5.69. The van der Waals surface area contributed by atoms with Crippen molar-refractivity contribution in [2.45, 2.75) is 45.1 Å². The number of hydrogen-bond acceptors (Lipinski definition) is 3. The van der Waals surface area contributed by atoms with Gasteiger partial charge in [0.05, 0.1) is 6.20 Å².